The molecule has 0 bridgehead atoms. The lowest BCUT2D eigenvalue weighted by Crippen LogP contribution is -1.96. The highest BCUT2D eigenvalue weighted by Gasteiger charge is 2.26. The van der Waals surface area contributed by atoms with E-state index in [0.717, 1.165) is 0 Å². The molecule has 0 unspecified atom stereocenters. The maximum absolute atomic E-state index is 2.56. The van der Waals surface area contributed by atoms with Gasteiger partial charge in [0.25, 0.3) is 0 Å². The van der Waals surface area contributed by atoms with Gasteiger partial charge in [0.1, 0.15) is 0 Å². The smallest absolute Gasteiger partial charge is 0.0727 e. The van der Waals surface area contributed by atoms with Gasteiger partial charge in [0.05, 0.1) is 26.8 Å². The minimum absolute atomic E-state index is 1.18. The van der Waals surface area contributed by atoms with Crippen LogP contribution in [0.3, 0.4) is 0 Å². The van der Waals surface area contributed by atoms with E-state index in [4.69, 9.17) is 0 Å². The molecule has 0 N–H and O–H groups in total. The van der Waals surface area contributed by atoms with Gasteiger partial charge in [0.2, 0.25) is 0 Å². The molecule has 3 heterocycles. The maximum atomic E-state index is 2.56. The Hall–Kier alpha value is -6.42. The Morgan fingerprint density at radius 2 is 0.784 bits per heavy atom. The van der Waals surface area contributed by atoms with Crippen molar-refractivity contribution < 1.29 is 0 Å². The first kappa shape index (κ1) is 27.4. The number of fused-ring (bicyclic) bond motifs is 18. The van der Waals surface area contributed by atoms with Crippen LogP contribution in [-0.2, 0) is 0 Å². The summed E-state index contributed by atoms with van der Waals surface area (Å²) in [7, 11) is 0. The van der Waals surface area contributed by atoms with Crippen LogP contribution in [-0.4, -0.2) is 9.13 Å². The number of nitrogens with zero attached hydrogens (tertiary/aromatic N) is 2. The predicted molar refractivity (Wildman–Crippen MR) is 221 cm³/mol. The fourth-order valence-corrected chi connectivity index (χ4v) is 10.3. The van der Waals surface area contributed by atoms with Gasteiger partial charge in [-0.2, -0.15) is 0 Å². The summed E-state index contributed by atoms with van der Waals surface area (Å²) in [5, 5.41) is 15.5. The third-order valence-electron chi connectivity index (χ3n) is 11.0. The van der Waals surface area contributed by atoms with Crippen LogP contribution in [0.2, 0.25) is 0 Å². The molecule has 0 fully saturated rings. The lowest BCUT2D eigenvalue weighted by Gasteiger charge is -2.14. The van der Waals surface area contributed by atoms with E-state index in [2.05, 4.69) is 179 Å². The van der Waals surface area contributed by atoms with Gasteiger partial charge in [-0.25, -0.2) is 0 Å². The summed E-state index contributed by atoms with van der Waals surface area (Å²) in [4.78, 5) is 0. The first-order valence-corrected chi connectivity index (χ1v) is 18.4. The summed E-state index contributed by atoms with van der Waals surface area (Å²) in [5.74, 6) is 0. The number of rotatable bonds is 2. The van der Waals surface area contributed by atoms with E-state index in [0.29, 0.717) is 0 Å². The number of hydrogen-bond donors (Lipinski definition) is 0. The number of aromatic nitrogens is 2. The Bertz CT molecular complexity index is 3380. The van der Waals surface area contributed by atoms with Crippen molar-refractivity contribution >= 4 is 107 Å². The third kappa shape index (κ3) is 3.56. The molecule has 3 heteroatoms. The summed E-state index contributed by atoms with van der Waals surface area (Å²) in [5.41, 5.74) is 7.36. The zero-order chi connectivity index (χ0) is 33.2. The Labute approximate surface area is 296 Å². The van der Waals surface area contributed by atoms with Crippen LogP contribution in [0.15, 0.2) is 170 Å². The highest BCUT2D eigenvalue weighted by Crippen LogP contribution is 2.51. The quantitative estimate of drug-likeness (QED) is 0.163. The SMILES string of the molecule is c1ccc(-n2c3ccccc3c3c4c5ccccc5n(-c5ccc6c7ccccc7c7ccccc7c6c5)c4c4c5ccccc5sc4c32)cc1. The summed E-state index contributed by atoms with van der Waals surface area (Å²) in [6.45, 7) is 0. The average molecular weight is 665 g/mol. The molecule has 0 saturated heterocycles. The molecule has 0 aliphatic rings. The second kappa shape index (κ2) is 10.1. The van der Waals surface area contributed by atoms with Gasteiger partial charge >= 0.3 is 0 Å². The third-order valence-corrected chi connectivity index (χ3v) is 12.2. The first-order chi connectivity index (χ1) is 25.3. The fourth-order valence-electron chi connectivity index (χ4n) is 9.03. The molecule has 0 aliphatic carbocycles. The van der Waals surface area contributed by atoms with Gasteiger partial charge in [-0.15, -0.1) is 11.3 Å². The van der Waals surface area contributed by atoms with Crippen molar-refractivity contribution in [2.24, 2.45) is 0 Å². The molecular formula is C48H28N2S. The van der Waals surface area contributed by atoms with Crippen LogP contribution in [0.1, 0.15) is 0 Å². The minimum atomic E-state index is 1.18. The summed E-state index contributed by atoms with van der Waals surface area (Å²) < 4.78 is 7.68. The predicted octanol–water partition coefficient (Wildman–Crippen LogP) is 13.7. The molecule has 0 aliphatic heterocycles. The Balaban J connectivity index is 1.35. The molecular weight excluding hydrogens is 637 g/mol. The summed E-state index contributed by atoms with van der Waals surface area (Å²) in [6.07, 6.45) is 0. The number of hydrogen-bond acceptors (Lipinski definition) is 1. The van der Waals surface area contributed by atoms with E-state index in [1.165, 1.54) is 107 Å². The molecule has 12 aromatic rings. The zero-order valence-corrected chi connectivity index (χ0v) is 28.3. The van der Waals surface area contributed by atoms with E-state index in [1.807, 2.05) is 11.3 Å². The van der Waals surface area contributed by atoms with Crippen molar-refractivity contribution in [3.63, 3.8) is 0 Å². The van der Waals surface area contributed by atoms with Gasteiger partial charge in [0, 0.05) is 48.4 Å². The second-order valence-electron chi connectivity index (χ2n) is 13.6. The number of thiophene rings is 1. The topological polar surface area (TPSA) is 9.86 Å². The van der Waals surface area contributed by atoms with Crippen molar-refractivity contribution in [2.45, 2.75) is 0 Å². The largest absolute Gasteiger partial charge is 0.309 e. The van der Waals surface area contributed by atoms with Crippen molar-refractivity contribution in [2.75, 3.05) is 0 Å². The van der Waals surface area contributed by atoms with Crippen molar-refractivity contribution in [1.82, 2.24) is 9.13 Å². The van der Waals surface area contributed by atoms with Crippen LogP contribution in [0.4, 0.5) is 0 Å². The highest BCUT2D eigenvalue weighted by atomic mass is 32.1. The summed E-state index contributed by atoms with van der Waals surface area (Å²) >= 11 is 1.92. The summed E-state index contributed by atoms with van der Waals surface area (Å²) in [6, 6.07) is 62.7. The first-order valence-electron chi connectivity index (χ1n) is 17.5. The monoisotopic (exact) mass is 664 g/mol. The number of para-hydroxylation sites is 3. The van der Waals surface area contributed by atoms with E-state index in [9.17, 15) is 0 Å². The Morgan fingerprint density at radius 3 is 1.43 bits per heavy atom. The molecule has 0 radical (unpaired) electrons. The molecule has 3 aromatic heterocycles. The molecule has 0 spiro atoms. The van der Waals surface area contributed by atoms with Crippen molar-refractivity contribution in [1.29, 1.82) is 0 Å². The minimum Gasteiger partial charge on any atom is -0.309 e. The maximum Gasteiger partial charge on any atom is 0.0727 e. The standard InChI is InChI=1S/C48H28N2S/c1-2-14-29(15-3-1)49-40-23-11-9-21-37(40)44-43-36-20-8-12-24-41(36)50(46(43)45-38-22-10-13-25-42(38)51-48(45)47(44)49)30-26-27-35-33-18-5-4-16-31(33)32-17-6-7-19-34(32)39(35)28-30/h1-28H. The van der Waals surface area contributed by atoms with E-state index in [1.54, 1.807) is 0 Å². The zero-order valence-electron chi connectivity index (χ0n) is 27.5. The van der Waals surface area contributed by atoms with E-state index in [-0.39, 0.29) is 0 Å². The lowest BCUT2D eigenvalue weighted by atomic mass is 9.94. The molecule has 0 atom stereocenters. The lowest BCUT2D eigenvalue weighted by molar-refractivity contribution is 1.19. The van der Waals surface area contributed by atoms with Gasteiger partial charge in [0.15, 0.2) is 0 Å². The molecule has 9 aromatic carbocycles. The Kier molecular flexibility index (Phi) is 5.41. The molecule has 51 heavy (non-hydrogen) atoms. The average Bonchev–Trinajstić information content (AvgIpc) is 3.86. The van der Waals surface area contributed by atoms with Gasteiger partial charge in [-0.1, -0.05) is 127 Å². The van der Waals surface area contributed by atoms with Crippen LogP contribution in [0.25, 0.3) is 107 Å². The van der Waals surface area contributed by atoms with Crippen molar-refractivity contribution in [3.8, 4) is 11.4 Å². The van der Waals surface area contributed by atoms with E-state index < -0.39 is 0 Å². The fraction of sp³-hybridized carbons (Fsp3) is 0. The van der Waals surface area contributed by atoms with Gasteiger partial charge in [-0.05, 0) is 74.8 Å². The van der Waals surface area contributed by atoms with E-state index >= 15 is 0 Å². The normalized spacial score (nSPS) is 12.3. The number of benzene rings is 9. The molecule has 12 rings (SSSR count). The molecule has 0 amide bonds. The van der Waals surface area contributed by atoms with Crippen LogP contribution in [0.5, 0.6) is 0 Å². The highest BCUT2D eigenvalue weighted by molar-refractivity contribution is 7.27. The van der Waals surface area contributed by atoms with Gasteiger partial charge in [-0.3, -0.25) is 0 Å². The van der Waals surface area contributed by atoms with Crippen molar-refractivity contribution in [3.05, 3.63) is 170 Å². The Morgan fingerprint density at radius 1 is 0.314 bits per heavy atom. The van der Waals surface area contributed by atoms with Crippen LogP contribution < -0.4 is 0 Å². The molecule has 236 valence electrons. The second-order valence-corrected chi connectivity index (χ2v) is 14.7. The van der Waals surface area contributed by atoms with Crippen LogP contribution >= 0.6 is 11.3 Å². The molecule has 2 nitrogen and oxygen atoms in total. The molecule has 0 saturated carbocycles. The van der Waals surface area contributed by atoms with Crippen LogP contribution in [0, 0.1) is 0 Å². The van der Waals surface area contributed by atoms with Gasteiger partial charge < -0.3 is 9.13 Å².